The summed E-state index contributed by atoms with van der Waals surface area (Å²) in [6.45, 7) is 6.89. The second-order valence-electron chi connectivity index (χ2n) is 12.0. The van der Waals surface area contributed by atoms with Gasteiger partial charge in [0.1, 0.15) is 12.0 Å². The number of anilines is 1. The van der Waals surface area contributed by atoms with Gasteiger partial charge >= 0.3 is 0 Å². The number of nitrogens with one attached hydrogen (secondary N) is 2. The van der Waals surface area contributed by atoms with E-state index in [0.29, 0.717) is 42.3 Å². The van der Waals surface area contributed by atoms with E-state index in [-0.39, 0.29) is 24.1 Å². The summed E-state index contributed by atoms with van der Waals surface area (Å²) in [6, 6.07) is 2.68. The Balaban J connectivity index is 0.993. The minimum atomic E-state index is -1.10. The molecule has 5 aliphatic rings. The molecule has 2 unspecified atom stereocenters. The molecule has 4 fully saturated rings. The van der Waals surface area contributed by atoms with Crippen molar-refractivity contribution in [1.82, 2.24) is 20.4 Å². The van der Waals surface area contributed by atoms with E-state index < -0.39 is 12.3 Å². The summed E-state index contributed by atoms with van der Waals surface area (Å²) in [5.41, 5.74) is 1.70. The average molecular weight is 544 g/mol. The number of nitrogens with zero attached hydrogens (tertiary/aromatic N) is 3. The lowest BCUT2D eigenvalue weighted by atomic mass is 9.86. The third-order valence-corrected chi connectivity index (χ3v) is 9.44. The van der Waals surface area contributed by atoms with Gasteiger partial charge in [0, 0.05) is 51.3 Å². The average Bonchev–Trinajstić information content (AvgIpc) is 3.25. The number of ether oxygens (including phenoxy) is 1. The molecule has 9 nitrogen and oxygen atoms in total. The van der Waals surface area contributed by atoms with Crippen LogP contribution in [-0.4, -0.2) is 97.0 Å². The molecule has 0 bridgehead atoms. The van der Waals surface area contributed by atoms with E-state index >= 15 is 4.39 Å². The molecule has 2 amide bonds. The molecule has 1 aliphatic carbocycles. The van der Waals surface area contributed by atoms with Crippen LogP contribution in [0.4, 0.5) is 10.1 Å². The third-order valence-electron chi connectivity index (χ3n) is 9.44. The Morgan fingerprint density at radius 2 is 1.67 bits per heavy atom. The normalized spacial score (nSPS) is 30.9. The lowest BCUT2D eigenvalue weighted by molar-refractivity contribution is -0.129. The van der Waals surface area contributed by atoms with E-state index in [0.717, 1.165) is 77.1 Å². The summed E-state index contributed by atoms with van der Waals surface area (Å²) in [5.74, 6) is -0.166. The van der Waals surface area contributed by atoms with Crippen molar-refractivity contribution in [3.63, 3.8) is 0 Å². The van der Waals surface area contributed by atoms with Crippen LogP contribution in [-0.2, 0) is 16.1 Å². The number of halogens is 1. The number of aliphatic hydroxyl groups is 1. The standard InChI is InChI=1S/C29H42FN5O4/c30-24-16-23-20(18-35(29(23)38)25-5-6-27(36)32-28(25)37)15-26(24)34-13-11-33(12-14-34)17-19-1-3-21(4-2-19)39-22-7-9-31-10-8-22/h15-16,19,21-22,25,28,31,37H,1-14,17-18H2,(H,32,36). The Labute approximate surface area is 230 Å². The number of fused-ring (bicyclic) bond motifs is 1. The van der Waals surface area contributed by atoms with Gasteiger partial charge in [-0.1, -0.05) is 0 Å². The van der Waals surface area contributed by atoms with Crippen molar-refractivity contribution in [1.29, 1.82) is 0 Å². The van der Waals surface area contributed by atoms with Crippen molar-refractivity contribution in [2.75, 3.05) is 50.7 Å². The Morgan fingerprint density at radius 3 is 2.38 bits per heavy atom. The zero-order chi connectivity index (χ0) is 26.9. The minimum absolute atomic E-state index is 0.218. The van der Waals surface area contributed by atoms with Crippen LogP contribution in [0.1, 0.15) is 67.3 Å². The van der Waals surface area contributed by atoms with E-state index in [4.69, 9.17) is 4.74 Å². The molecule has 2 atom stereocenters. The van der Waals surface area contributed by atoms with E-state index in [1.54, 1.807) is 4.90 Å². The van der Waals surface area contributed by atoms with Crippen molar-refractivity contribution < 1.29 is 23.8 Å². The molecule has 10 heteroatoms. The van der Waals surface area contributed by atoms with Gasteiger partial charge in [-0.3, -0.25) is 14.5 Å². The zero-order valence-corrected chi connectivity index (χ0v) is 22.7. The number of amides is 2. The first-order valence-electron chi connectivity index (χ1n) is 14.9. The Bertz CT molecular complexity index is 1050. The second kappa shape index (κ2) is 11.7. The Kier molecular flexibility index (Phi) is 8.07. The number of hydrogen-bond acceptors (Lipinski definition) is 7. The molecule has 1 saturated carbocycles. The number of rotatable bonds is 6. The fraction of sp³-hybridized carbons (Fsp3) is 0.724. The van der Waals surface area contributed by atoms with Gasteiger partial charge in [-0.15, -0.1) is 0 Å². The van der Waals surface area contributed by atoms with Gasteiger partial charge in [0.05, 0.1) is 23.9 Å². The maximum absolute atomic E-state index is 15.2. The molecule has 1 aromatic carbocycles. The van der Waals surface area contributed by atoms with Crippen molar-refractivity contribution in [2.24, 2.45) is 5.92 Å². The van der Waals surface area contributed by atoms with Crippen LogP contribution in [0, 0.1) is 11.7 Å². The molecule has 0 aromatic heterocycles. The monoisotopic (exact) mass is 543 g/mol. The molecule has 3 N–H and O–H groups in total. The van der Waals surface area contributed by atoms with E-state index in [2.05, 4.69) is 20.4 Å². The van der Waals surface area contributed by atoms with Gasteiger partial charge in [0.2, 0.25) is 5.91 Å². The van der Waals surface area contributed by atoms with Crippen LogP contribution in [0.25, 0.3) is 0 Å². The lowest BCUT2D eigenvalue weighted by Gasteiger charge is -2.39. The van der Waals surface area contributed by atoms with Crippen LogP contribution in [0.2, 0.25) is 0 Å². The highest BCUT2D eigenvalue weighted by Crippen LogP contribution is 2.34. The minimum Gasteiger partial charge on any atom is -0.375 e. The molecule has 214 valence electrons. The first-order valence-corrected chi connectivity index (χ1v) is 14.9. The Morgan fingerprint density at radius 1 is 0.949 bits per heavy atom. The molecule has 4 aliphatic heterocycles. The largest absolute Gasteiger partial charge is 0.375 e. The Hall–Kier alpha value is -2.27. The lowest BCUT2D eigenvalue weighted by Crippen LogP contribution is -2.55. The topological polar surface area (TPSA) is 97.4 Å². The predicted octanol–water partition coefficient (Wildman–Crippen LogP) is 1.83. The van der Waals surface area contributed by atoms with Gasteiger partial charge < -0.3 is 30.3 Å². The van der Waals surface area contributed by atoms with Crippen LogP contribution in [0.3, 0.4) is 0 Å². The van der Waals surface area contributed by atoms with Gasteiger partial charge in [-0.05, 0) is 81.6 Å². The van der Waals surface area contributed by atoms with Crippen LogP contribution < -0.4 is 15.5 Å². The number of aliphatic hydroxyl groups excluding tert-OH is 1. The van der Waals surface area contributed by atoms with E-state index in [1.165, 1.54) is 18.9 Å². The van der Waals surface area contributed by atoms with Crippen LogP contribution >= 0.6 is 0 Å². The van der Waals surface area contributed by atoms with E-state index in [1.807, 2.05) is 6.07 Å². The first-order chi connectivity index (χ1) is 18.9. The van der Waals surface area contributed by atoms with Gasteiger partial charge in [0.15, 0.2) is 0 Å². The van der Waals surface area contributed by atoms with Crippen molar-refractivity contribution in [2.45, 2.75) is 82.4 Å². The zero-order valence-electron chi connectivity index (χ0n) is 22.7. The van der Waals surface area contributed by atoms with Crippen molar-refractivity contribution in [3.8, 4) is 0 Å². The maximum Gasteiger partial charge on any atom is 0.255 e. The number of carbonyl (C=O) groups is 2. The molecule has 0 spiro atoms. The van der Waals surface area contributed by atoms with Gasteiger partial charge in [-0.25, -0.2) is 4.39 Å². The molecule has 39 heavy (non-hydrogen) atoms. The fourth-order valence-corrected chi connectivity index (χ4v) is 7.14. The SMILES string of the molecule is O=C1CCC(N2Cc3cc(N4CCN(CC5CCC(OC6CCNCC6)CC5)CC4)c(F)cc3C2=O)C(O)N1. The molecular formula is C29H42FN5O4. The molecule has 1 aromatic rings. The third kappa shape index (κ3) is 5.94. The maximum atomic E-state index is 15.2. The summed E-state index contributed by atoms with van der Waals surface area (Å²) in [5, 5.41) is 16.2. The molecule has 0 radical (unpaired) electrons. The number of hydrogen-bond donors (Lipinski definition) is 3. The smallest absolute Gasteiger partial charge is 0.255 e. The first kappa shape index (κ1) is 26.9. The van der Waals surface area contributed by atoms with Crippen LogP contribution in [0.15, 0.2) is 12.1 Å². The summed E-state index contributed by atoms with van der Waals surface area (Å²) >= 11 is 0. The number of piperazine rings is 1. The predicted molar refractivity (Wildman–Crippen MR) is 145 cm³/mol. The highest BCUT2D eigenvalue weighted by Gasteiger charge is 2.40. The second-order valence-corrected chi connectivity index (χ2v) is 12.0. The number of benzene rings is 1. The highest BCUT2D eigenvalue weighted by atomic mass is 19.1. The summed E-state index contributed by atoms with van der Waals surface area (Å²) in [4.78, 5) is 30.8. The van der Waals surface area contributed by atoms with Crippen molar-refractivity contribution >= 4 is 17.5 Å². The molecular weight excluding hydrogens is 501 g/mol. The number of piperidine rings is 2. The fourth-order valence-electron chi connectivity index (χ4n) is 7.14. The number of carbonyl (C=O) groups excluding carboxylic acids is 2. The summed E-state index contributed by atoms with van der Waals surface area (Å²) in [6.07, 6.45) is 7.45. The quantitative estimate of drug-likeness (QED) is 0.504. The van der Waals surface area contributed by atoms with Crippen LogP contribution in [0.5, 0.6) is 0 Å². The summed E-state index contributed by atoms with van der Waals surface area (Å²) in [7, 11) is 0. The highest BCUT2D eigenvalue weighted by molar-refractivity contribution is 5.99. The van der Waals surface area contributed by atoms with Gasteiger partial charge in [-0.2, -0.15) is 0 Å². The molecule has 3 saturated heterocycles. The van der Waals surface area contributed by atoms with Crippen molar-refractivity contribution in [3.05, 3.63) is 29.1 Å². The molecule has 6 rings (SSSR count). The van der Waals surface area contributed by atoms with E-state index in [9.17, 15) is 14.7 Å². The molecule has 4 heterocycles. The summed E-state index contributed by atoms with van der Waals surface area (Å²) < 4.78 is 21.6. The van der Waals surface area contributed by atoms with Gasteiger partial charge in [0.25, 0.3) is 5.91 Å².